The highest BCUT2D eigenvalue weighted by molar-refractivity contribution is 5.92. The van der Waals surface area contributed by atoms with Gasteiger partial charge >= 0.3 is 0 Å². The molecule has 2 aromatic rings. The zero-order chi connectivity index (χ0) is 17.1. The molecule has 0 spiro atoms. The lowest BCUT2D eigenvalue weighted by Gasteiger charge is -2.34. The van der Waals surface area contributed by atoms with Crippen LogP contribution < -0.4 is 0 Å². The van der Waals surface area contributed by atoms with Gasteiger partial charge in [-0.1, -0.05) is 6.07 Å². The van der Waals surface area contributed by atoms with Crippen molar-refractivity contribution >= 4 is 5.91 Å². The third kappa shape index (κ3) is 3.74. The third-order valence-corrected chi connectivity index (χ3v) is 5.67. The summed E-state index contributed by atoms with van der Waals surface area (Å²) in [4.78, 5) is 21.1. The highest BCUT2D eigenvalue weighted by atomic mass is 16.2. The van der Waals surface area contributed by atoms with Crippen LogP contribution in [-0.4, -0.2) is 57.1 Å². The first-order valence-electron chi connectivity index (χ1n) is 9.19. The van der Waals surface area contributed by atoms with Crippen molar-refractivity contribution in [3.05, 3.63) is 48.0 Å². The third-order valence-electron chi connectivity index (χ3n) is 5.67. The number of likely N-dealkylation sites (tertiary alicyclic amines) is 2. The first-order chi connectivity index (χ1) is 12.3. The summed E-state index contributed by atoms with van der Waals surface area (Å²) in [5, 5.41) is 6.67. The monoisotopic (exact) mass is 339 g/mol. The molecule has 2 saturated heterocycles. The van der Waals surface area contributed by atoms with E-state index < -0.39 is 0 Å². The van der Waals surface area contributed by atoms with Crippen molar-refractivity contribution in [2.24, 2.45) is 11.8 Å². The average molecular weight is 339 g/mol. The lowest BCUT2D eigenvalue weighted by atomic mass is 9.83. The van der Waals surface area contributed by atoms with E-state index in [-0.39, 0.29) is 5.91 Å². The maximum Gasteiger partial charge on any atom is 0.271 e. The van der Waals surface area contributed by atoms with Crippen LogP contribution in [0.2, 0.25) is 0 Å². The molecule has 4 heterocycles. The Morgan fingerprint density at radius 3 is 2.68 bits per heavy atom. The van der Waals surface area contributed by atoms with Crippen LogP contribution in [0.25, 0.3) is 0 Å². The number of H-pyrrole nitrogens is 1. The summed E-state index contributed by atoms with van der Waals surface area (Å²) in [7, 11) is 0. The molecule has 4 rings (SSSR count). The molecule has 0 aromatic carbocycles. The number of carbonyl (C=O) groups is 1. The fraction of sp³-hybridized carbons (Fsp3) is 0.526. The van der Waals surface area contributed by atoms with E-state index in [1.807, 2.05) is 23.4 Å². The highest BCUT2D eigenvalue weighted by Crippen LogP contribution is 2.32. The van der Waals surface area contributed by atoms with E-state index in [1.54, 1.807) is 12.3 Å². The standard InChI is InChI=1S/C19H25N5O/c25-19(18-3-8-21-22-18)24-11-6-17(14-24)16-4-9-23(10-5-16)13-15-2-1-7-20-12-15/h1-3,7-8,12,16-17H,4-6,9-11,13-14H2,(H,21,22). The quantitative estimate of drug-likeness (QED) is 0.927. The summed E-state index contributed by atoms with van der Waals surface area (Å²) < 4.78 is 0. The number of aromatic amines is 1. The predicted molar refractivity (Wildman–Crippen MR) is 94.8 cm³/mol. The Morgan fingerprint density at radius 1 is 1.12 bits per heavy atom. The average Bonchev–Trinajstić information content (AvgIpc) is 3.35. The molecule has 2 aliphatic heterocycles. The summed E-state index contributed by atoms with van der Waals surface area (Å²) in [5.41, 5.74) is 1.89. The normalized spacial score (nSPS) is 22.4. The van der Waals surface area contributed by atoms with Gasteiger partial charge in [0.15, 0.2) is 0 Å². The molecule has 0 saturated carbocycles. The molecule has 2 aliphatic rings. The van der Waals surface area contributed by atoms with Gasteiger partial charge in [-0.3, -0.25) is 19.8 Å². The van der Waals surface area contributed by atoms with Crippen molar-refractivity contribution in [1.29, 1.82) is 0 Å². The minimum absolute atomic E-state index is 0.0917. The van der Waals surface area contributed by atoms with Crippen LogP contribution in [0.15, 0.2) is 36.8 Å². The van der Waals surface area contributed by atoms with Gasteiger partial charge in [0.1, 0.15) is 5.69 Å². The van der Waals surface area contributed by atoms with Gasteiger partial charge in [-0.15, -0.1) is 0 Å². The number of hydrogen-bond donors (Lipinski definition) is 1. The maximum absolute atomic E-state index is 12.4. The molecule has 1 amide bonds. The lowest BCUT2D eigenvalue weighted by molar-refractivity contribution is 0.0767. The largest absolute Gasteiger partial charge is 0.337 e. The van der Waals surface area contributed by atoms with Crippen LogP contribution in [-0.2, 0) is 6.54 Å². The van der Waals surface area contributed by atoms with Crippen LogP contribution in [0, 0.1) is 11.8 Å². The number of carbonyl (C=O) groups excluding carboxylic acids is 1. The van der Waals surface area contributed by atoms with Crippen molar-refractivity contribution < 1.29 is 4.79 Å². The number of nitrogens with one attached hydrogen (secondary N) is 1. The smallest absolute Gasteiger partial charge is 0.271 e. The Hall–Kier alpha value is -2.21. The Balaban J connectivity index is 1.26. The number of hydrogen-bond acceptors (Lipinski definition) is 4. The van der Waals surface area contributed by atoms with E-state index in [0.29, 0.717) is 11.6 Å². The van der Waals surface area contributed by atoms with Gasteiger partial charge in [-0.25, -0.2) is 0 Å². The van der Waals surface area contributed by atoms with Gasteiger partial charge < -0.3 is 4.90 Å². The van der Waals surface area contributed by atoms with E-state index in [4.69, 9.17) is 0 Å². The summed E-state index contributed by atoms with van der Waals surface area (Å²) in [5.74, 6) is 1.48. The van der Waals surface area contributed by atoms with Crippen LogP contribution in [0.1, 0.15) is 35.3 Å². The predicted octanol–water partition coefficient (Wildman–Crippen LogP) is 2.18. The molecule has 6 heteroatoms. The minimum Gasteiger partial charge on any atom is -0.337 e. The van der Waals surface area contributed by atoms with Crippen molar-refractivity contribution in [3.63, 3.8) is 0 Å². The summed E-state index contributed by atoms with van der Waals surface area (Å²) >= 11 is 0. The molecule has 1 N–H and O–H groups in total. The number of nitrogens with zero attached hydrogens (tertiary/aromatic N) is 4. The first-order valence-corrected chi connectivity index (χ1v) is 9.19. The van der Waals surface area contributed by atoms with Crippen LogP contribution in [0.5, 0.6) is 0 Å². The number of pyridine rings is 1. The molecule has 2 aromatic heterocycles. The van der Waals surface area contributed by atoms with Crippen molar-refractivity contribution in [1.82, 2.24) is 25.0 Å². The maximum atomic E-state index is 12.4. The molecular weight excluding hydrogens is 314 g/mol. The molecule has 132 valence electrons. The Kier molecular flexibility index (Phi) is 4.78. The fourth-order valence-corrected chi connectivity index (χ4v) is 4.23. The molecule has 6 nitrogen and oxygen atoms in total. The number of rotatable bonds is 4. The molecule has 0 bridgehead atoms. The zero-order valence-corrected chi connectivity index (χ0v) is 14.5. The minimum atomic E-state index is 0.0917. The molecule has 0 aliphatic carbocycles. The van der Waals surface area contributed by atoms with E-state index in [9.17, 15) is 4.79 Å². The van der Waals surface area contributed by atoms with Crippen molar-refractivity contribution in [2.45, 2.75) is 25.8 Å². The number of aromatic nitrogens is 3. The number of amides is 1. The van der Waals surface area contributed by atoms with E-state index in [2.05, 4.69) is 26.1 Å². The second-order valence-corrected chi connectivity index (χ2v) is 7.25. The van der Waals surface area contributed by atoms with Gasteiger partial charge in [0.2, 0.25) is 0 Å². The van der Waals surface area contributed by atoms with E-state index in [1.165, 1.54) is 18.4 Å². The van der Waals surface area contributed by atoms with E-state index >= 15 is 0 Å². The van der Waals surface area contributed by atoms with Gasteiger partial charge in [0, 0.05) is 38.2 Å². The van der Waals surface area contributed by atoms with Crippen LogP contribution >= 0.6 is 0 Å². The summed E-state index contributed by atoms with van der Waals surface area (Å²) in [6.45, 7) is 5.05. The van der Waals surface area contributed by atoms with Gasteiger partial charge in [0.25, 0.3) is 5.91 Å². The Bertz CT molecular complexity index is 679. The highest BCUT2D eigenvalue weighted by Gasteiger charge is 2.34. The molecule has 1 atom stereocenters. The second kappa shape index (κ2) is 7.35. The van der Waals surface area contributed by atoms with Gasteiger partial charge in [-0.2, -0.15) is 5.10 Å². The molecule has 0 radical (unpaired) electrons. The van der Waals surface area contributed by atoms with Crippen LogP contribution in [0.4, 0.5) is 0 Å². The first kappa shape index (κ1) is 16.3. The fourth-order valence-electron chi connectivity index (χ4n) is 4.23. The summed E-state index contributed by atoms with van der Waals surface area (Å²) in [6.07, 6.45) is 9.02. The summed E-state index contributed by atoms with van der Waals surface area (Å²) in [6, 6.07) is 5.91. The Labute approximate surface area is 148 Å². The van der Waals surface area contributed by atoms with Crippen LogP contribution in [0.3, 0.4) is 0 Å². The molecule has 2 fully saturated rings. The molecule has 1 unspecified atom stereocenters. The molecule has 25 heavy (non-hydrogen) atoms. The number of piperidine rings is 1. The topological polar surface area (TPSA) is 65.1 Å². The molecular formula is C19H25N5O. The van der Waals surface area contributed by atoms with Gasteiger partial charge in [-0.05, 0) is 61.9 Å². The zero-order valence-electron chi connectivity index (χ0n) is 14.5. The van der Waals surface area contributed by atoms with E-state index in [0.717, 1.165) is 45.1 Å². The van der Waals surface area contributed by atoms with Crippen molar-refractivity contribution in [3.8, 4) is 0 Å². The lowest BCUT2D eigenvalue weighted by Crippen LogP contribution is -2.37. The second-order valence-electron chi connectivity index (χ2n) is 7.25. The SMILES string of the molecule is O=C(c1ccn[nH]1)N1CCC(C2CCN(Cc3cccnc3)CC2)C1. The Morgan fingerprint density at radius 2 is 1.96 bits per heavy atom. The van der Waals surface area contributed by atoms with Gasteiger partial charge in [0.05, 0.1) is 0 Å². The van der Waals surface area contributed by atoms with Crippen molar-refractivity contribution in [2.75, 3.05) is 26.2 Å².